The highest BCUT2D eigenvalue weighted by molar-refractivity contribution is 7.80. The van der Waals surface area contributed by atoms with Gasteiger partial charge in [-0.25, -0.2) is 0 Å². The summed E-state index contributed by atoms with van der Waals surface area (Å²) < 4.78 is 0. The third-order valence-corrected chi connectivity index (χ3v) is 4.78. The highest BCUT2D eigenvalue weighted by atomic mass is 32.1. The molecule has 21 heavy (non-hydrogen) atoms. The lowest BCUT2D eigenvalue weighted by atomic mass is 10.0. The van der Waals surface area contributed by atoms with E-state index in [1.807, 2.05) is 0 Å². The molecule has 0 N–H and O–H groups in total. The zero-order chi connectivity index (χ0) is 15.3. The summed E-state index contributed by atoms with van der Waals surface area (Å²) in [5.74, 6) is 0. The molecule has 0 atom stereocenters. The van der Waals surface area contributed by atoms with Gasteiger partial charge in [-0.1, -0.05) is 83.8 Å². The van der Waals surface area contributed by atoms with E-state index < -0.39 is 0 Å². The van der Waals surface area contributed by atoms with E-state index in [0.29, 0.717) is 0 Å². The van der Waals surface area contributed by atoms with Gasteiger partial charge in [0.05, 0.1) is 0 Å². The van der Waals surface area contributed by atoms with Crippen molar-refractivity contribution in [1.82, 2.24) is 0 Å². The number of hydrogen-bond donors (Lipinski definition) is 1. The van der Waals surface area contributed by atoms with Crippen molar-refractivity contribution < 1.29 is 0 Å². The second kappa shape index (κ2) is 12.1. The predicted molar refractivity (Wildman–Crippen MR) is 98.6 cm³/mol. The van der Waals surface area contributed by atoms with Crippen LogP contribution in [0.4, 0.5) is 0 Å². The molecule has 120 valence electrons. The van der Waals surface area contributed by atoms with E-state index in [-0.39, 0.29) is 0 Å². The monoisotopic (exact) mass is 306 g/mol. The molecule has 0 aliphatic rings. The zero-order valence-corrected chi connectivity index (χ0v) is 15.1. The molecule has 0 saturated carbocycles. The van der Waals surface area contributed by atoms with E-state index in [4.69, 9.17) is 0 Å². The summed E-state index contributed by atoms with van der Waals surface area (Å²) >= 11 is 4.50. The van der Waals surface area contributed by atoms with E-state index in [1.54, 1.807) is 0 Å². The van der Waals surface area contributed by atoms with Crippen LogP contribution < -0.4 is 0 Å². The van der Waals surface area contributed by atoms with Crippen molar-refractivity contribution in [1.29, 1.82) is 0 Å². The summed E-state index contributed by atoms with van der Waals surface area (Å²) in [5.41, 5.74) is 2.88. The predicted octanol–water partition coefficient (Wildman–Crippen LogP) is 7.00. The number of benzene rings is 1. The van der Waals surface area contributed by atoms with Gasteiger partial charge in [0.25, 0.3) is 0 Å². The average Bonchev–Trinajstić information content (AvgIpc) is 2.50. The number of aryl methyl sites for hydroxylation is 2. The van der Waals surface area contributed by atoms with E-state index in [0.717, 1.165) is 11.3 Å². The third-order valence-electron chi connectivity index (χ3n) is 4.34. The summed E-state index contributed by atoms with van der Waals surface area (Å²) in [5, 5.41) is 0. The standard InChI is InChI=1S/C20H34S/c1-3-5-6-7-8-9-10-11-12-13-14-18-15-16-20(21)19(4-2)17-18/h15-17,21H,3-14H2,1-2H3. The number of hydrogen-bond acceptors (Lipinski definition) is 1. The van der Waals surface area contributed by atoms with Crippen molar-refractivity contribution in [2.24, 2.45) is 0 Å². The van der Waals surface area contributed by atoms with E-state index >= 15 is 0 Å². The molecule has 0 aliphatic carbocycles. The van der Waals surface area contributed by atoms with Gasteiger partial charge in [-0.3, -0.25) is 0 Å². The molecule has 0 spiro atoms. The highest BCUT2D eigenvalue weighted by Gasteiger charge is 2.00. The summed E-state index contributed by atoms with van der Waals surface area (Å²) in [6.07, 6.45) is 16.5. The van der Waals surface area contributed by atoms with Crippen LogP contribution in [0.3, 0.4) is 0 Å². The maximum absolute atomic E-state index is 4.50. The van der Waals surface area contributed by atoms with Crippen LogP contribution in [0, 0.1) is 0 Å². The average molecular weight is 307 g/mol. The Morgan fingerprint density at radius 2 is 1.33 bits per heavy atom. The molecule has 0 amide bonds. The van der Waals surface area contributed by atoms with Crippen molar-refractivity contribution in [3.63, 3.8) is 0 Å². The molecule has 0 nitrogen and oxygen atoms in total. The summed E-state index contributed by atoms with van der Waals surface area (Å²) in [7, 11) is 0. The van der Waals surface area contributed by atoms with Crippen LogP contribution >= 0.6 is 12.6 Å². The molecular formula is C20H34S. The molecule has 0 aromatic heterocycles. The van der Waals surface area contributed by atoms with Crippen molar-refractivity contribution in [2.75, 3.05) is 0 Å². The number of rotatable bonds is 12. The zero-order valence-electron chi connectivity index (χ0n) is 14.2. The molecule has 1 aromatic rings. The maximum Gasteiger partial charge on any atom is 0.00721 e. The molecule has 1 rings (SSSR count). The topological polar surface area (TPSA) is 0 Å². The maximum atomic E-state index is 4.50. The minimum Gasteiger partial charge on any atom is -0.143 e. The van der Waals surface area contributed by atoms with E-state index in [2.05, 4.69) is 44.7 Å². The fraction of sp³-hybridized carbons (Fsp3) is 0.700. The van der Waals surface area contributed by atoms with Crippen molar-refractivity contribution >= 4 is 12.6 Å². The molecule has 0 unspecified atom stereocenters. The largest absolute Gasteiger partial charge is 0.143 e. The number of thiol groups is 1. The quantitative estimate of drug-likeness (QED) is 0.312. The first-order valence-corrected chi connectivity index (χ1v) is 9.53. The fourth-order valence-electron chi connectivity index (χ4n) is 2.89. The Labute approximate surface area is 138 Å². The van der Waals surface area contributed by atoms with Crippen LogP contribution in [0.1, 0.15) is 89.2 Å². The SMILES string of the molecule is CCCCCCCCCCCCc1ccc(S)c(CC)c1. The van der Waals surface area contributed by atoms with Crippen molar-refractivity contribution in [3.05, 3.63) is 29.3 Å². The molecule has 0 radical (unpaired) electrons. The first-order chi connectivity index (χ1) is 10.3. The van der Waals surface area contributed by atoms with Crippen LogP contribution in [-0.2, 0) is 12.8 Å². The second-order valence-corrected chi connectivity index (χ2v) is 6.73. The molecule has 0 heterocycles. The van der Waals surface area contributed by atoms with Crippen molar-refractivity contribution in [3.8, 4) is 0 Å². The van der Waals surface area contributed by atoms with Gasteiger partial charge in [0.2, 0.25) is 0 Å². The molecule has 1 heteroatoms. The lowest BCUT2D eigenvalue weighted by Crippen LogP contribution is -1.90. The van der Waals surface area contributed by atoms with Gasteiger partial charge in [0.1, 0.15) is 0 Å². The minimum atomic E-state index is 1.09. The van der Waals surface area contributed by atoms with Gasteiger partial charge in [-0.05, 0) is 36.5 Å². The Morgan fingerprint density at radius 3 is 1.90 bits per heavy atom. The Balaban J connectivity index is 2.01. The van der Waals surface area contributed by atoms with Gasteiger partial charge in [0.15, 0.2) is 0 Å². The van der Waals surface area contributed by atoms with Gasteiger partial charge in [0, 0.05) is 4.90 Å². The second-order valence-electron chi connectivity index (χ2n) is 6.25. The Morgan fingerprint density at radius 1 is 0.762 bits per heavy atom. The first-order valence-electron chi connectivity index (χ1n) is 9.08. The number of unbranched alkanes of at least 4 members (excludes halogenated alkanes) is 9. The van der Waals surface area contributed by atoms with Gasteiger partial charge in [-0.15, -0.1) is 12.6 Å². The van der Waals surface area contributed by atoms with Crippen LogP contribution in [0.5, 0.6) is 0 Å². The fourth-order valence-corrected chi connectivity index (χ4v) is 3.19. The summed E-state index contributed by atoms with van der Waals surface area (Å²) in [4.78, 5) is 1.14. The van der Waals surface area contributed by atoms with Gasteiger partial charge in [-0.2, -0.15) is 0 Å². The Hall–Kier alpha value is -0.430. The van der Waals surface area contributed by atoms with Crippen LogP contribution in [0.25, 0.3) is 0 Å². The van der Waals surface area contributed by atoms with Crippen LogP contribution in [-0.4, -0.2) is 0 Å². The summed E-state index contributed by atoms with van der Waals surface area (Å²) in [6.45, 7) is 4.49. The van der Waals surface area contributed by atoms with Crippen LogP contribution in [0.2, 0.25) is 0 Å². The highest BCUT2D eigenvalue weighted by Crippen LogP contribution is 2.18. The lowest BCUT2D eigenvalue weighted by Gasteiger charge is -2.07. The molecule has 1 aromatic carbocycles. The minimum absolute atomic E-state index is 1.09. The van der Waals surface area contributed by atoms with Gasteiger partial charge < -0.3 is 0 Å². The van der Waals surface area contributed by atoms with Gasteiger partial charge >= 0.3 is 0 Å². The van der Waals surface area contributed by atoms with E-state index in [1.165, 1.54) is 81.8 Å². The third kappa shape index (κ3) is 8.56. The lowest BCUT2D eigenvalue weighted by molar-refractivity contribution is 0.556. The smallest absolute Gasteiger partial charge is 0.00721 e. The molecule has 0 aliphatic heterocycles. The van der Waals surface area contributed by atoms with Crippen molar-refractivity contribution in [2.45, 2.75) is 95.8 Å². The molecule has 0 fully saturated rings. The summed E-state index contributed by atoms with van der Waals surface area (Å²) in [6, 6.07) is 6.75. The van der Waals surface area contributed by atoms with E-state index in [9.17, 15) is 0 Å². The van der Waals surface area contributed by atoms with Crippen LogP contribution in [0.15, 0.2) is 23.1 Å². The molecule has 0 saturated heterocycles. The Bertz CT molecular complexity index is 370. The molecule has 0 bridgehead atoms. The molecular weight excluding hydrogens is 272 g/mol. The Kier molecular flexibility index (Phi) is 10.8. The first kappa shape index (κ1) is 18.6. The normalized spacial score (nSPS) is 11.0.